The van der Waals surface area contributed by atoms with Gasteiger partial charge in [-0.15, -0.1) is 0 Å². The molecule has 2 aliphatic rings. The van der Waals surface area contributed by atoms with Crippen molar-refractivity contribution in [3.8, 4) is 0 Å². The minimum Gasteiger partial charge on any atom is -0.469 e. The van der Waals surface area contributed by atoms with Crippen molar-refractivity contribution in [2.24, 2.45) is 17.3 Å². The van der Waals surface area contributed by atoms with E-state index < -0.39 is 0 Å². The van der Waals surface area contributed by atoms with Crippen molar-refractivity contribution in [2.45, 2.75) is 33.3 Å². The molecule has 5 heteroatoms. The van der Waals surface area contributed by atoms with Crippen LogP contribution in [0.25, 0.3) is 0 Å². The van der Waals surface area contributed by atoms with Gasteiger partial charge >= 0.3 is 5.97 Å². The zero-order chi connectivity index (χ0) is 19.7. The maximum Gasteiger partial charge on any atom is 0.310 e. The Hall–Kier alpha value is -2.27. The fraction of sp³-hybridized carbons (Fsp3) is 0.391. The Bertz CT molecular complexity index is 910. The Morgan fingerprint density at radius 2 is 2.07 bits per heavy atom. The summed E-state index contributed by atoms with van der Waals surface area (Å²) in [5, 5.41) is 0.152. The summed E-state index contributed by atoms with van der Waals surface area (Å²) in [5.74, 6) is 1.39. The van der Waals surface area contributed by atoms with E-state index in [4.69, 9.17) is 9.15 Å². The topological polar surface area (TPSA) is 56.5 Å². The standard InChI is InChI=1S/C23H24O4S/c1-23(2)19(12-17-8-9-28-22(17)25)20(23)21(24)27-14-16-11-18(26-13-16)10-15-6-4-3-5-7-15/h3-7,11-13,19-20H,8-10,14H2,1-2H3/t19-,20-/m1/s1. The first-order chi connectivity index (χ1) is 13.4. The molecular formula is C23H24O4S. The van der Waals surface area contributed by atoms with Gasteiger partial charge in [0.1, 0.15) is 12.4 Å². The number of rotatable bonds is 6. The van der Waals surface area contributed by atoms with E-state index in [2.05, 4.69) is 26.0 Å². The molecule has 4 rings (SSSR count). The third-order valence-electron chi connectivity index (χ3n) is 5.72. The highest BCUT2D eigenvalue weighted by atomic mass is 32.2. The summed E-state index contributed by atoms with van der Waals surface area (Å²) in [4.78, 5) is 24.4. The zero-order valence-electron chi connectivity index (χ0n) is 16.1. The molecule has 2 fully saturated rings. The van der Waals surface area contributed by atoms with Crippen LogP contribution < -0.4 is 0 Å². The van der Waals surface area contributed by atoms with E-state index in [1.54, 1.807) is 6.26 Å². The predicted octanol–water partition coefficient (Wildman–Crippen LogP) is 4.78. The molecule has 1 saturated carbocycles. The van der Waals surface area contributed by atoms with E-state index in [0.717, 1.165) is 29.1 Å². The van der Waals surface area contributed by atoms with Crippen LogP contribution in [0.5, 0.6) is 0 Å². The van der Waals surface area contributed by atoms with Crippen LogP contribution in [0.15, 0.2) is 58.7 Å². The first kappa shape index (κ1) is 19.1. The fourth-order valence-corrected chi connectivity index (χ4v) is 4.75. The molecule has 0 radical (unpaired) electrons. The lowest BCUT2D eigenvalue weighted by atomic mass is 10.1. The Morgan fingerprint density at radius 1 is 1.29 bits per heavy atom. The van der Waals surface area contributed by atoms with E-state index >= 15 is 0 Å². The quantitative estimate of drug-likeness (QED) is 0.520. The van der Waals surface area contributed by atoms with Crippen LogP contribution in [-0.4, -0.2) is 16.8 Å². The average molecular weight is 397 g/mol. The summed E-state index contributed by atoms with van der Waals surface area (Å²) in [6.45, 7) is 4.33. The molecule has 2 aromatic rings. The molecule has 0 bridgehead atoms. The number of furan rings is 1. The van der Waals surface area contributed by atoms with Gasteiger partial charge in [0.05, 0.1) is 12.2 Å². The van der Waals surface area contributed by atoms with Crippen LogP contribution in [0.3, 0.4) is 0 Å². The maximum atomic E-state index is 12.6. The van der Waals surface area contributed by atoms with Crippen LogP contribution in [0.4, 0.5) is 0 Å². The maximum absolute atomic E-state index is 12.6. The molecule has 2 heterocycles. The number of thioether (sulfide) groups is 1. The van der Waals surface area contributed by atoms with Gasteiger partial charge in [-0.05, 0) is 29.4 Å². The number of hydrogen-bond donors (Lipinski definition) is 0. The number of carbonyl (C=O) groups excluding carboxylic acids is 2. The normalized spacial score (nSPS) is 24.5. The van der Waals surface area contributed by atoms with Gasteiger partial charge in [0.2, 0.25) is 5.12 Å². The highest BCUT2D eigenvalue weighted by molar-refractivity contribution is 8.14. The lowest BCUT2D eigenvalue weighted by Crippen LogP contribution is -2.10. The molecule has 0 unspecified atom stereocenters. The SMILES string of the molecule is CC1(C)[C@H](C=C2CCSC2=O)[C@@H]1C(=O)OCc1coc(Cc2ccccc2)c1. The van der Waals surface area contributed by atoms with Gasteiger partial charge in [-0.2, -0.15) is 0 Å². The first-order valence-corrected chi connectivity index (χ1v) is 10.6. The van der Waals surface area contributed by atoms with Crippen molar-refractivity contribution in [3.63, 3.8) is 0 Å². The summed E-state index contributed by atoms with van der Waals surface area (Å²) in [6.07, 6.45) is 5.17. The van der Waals surface area contributed by atoms with Gasteiger partial charge in [-0.25, -0.2) is 0 Å². The smallest absolute Gasteiger partial charge is 0.310 e. The van der Waals surface area contributed by atoms with Crippen LogP contribution in [0, 0.1) is 17.3 Å². The molecule has 1 aromatic carbocycles. The van der Waals surface area contributed by atoms with Crippen molar-refractivity contribution in [3.05, 3.63) is 71.2 Å². The molecule has 1 aliphatic heterocycles. The van der Waals surface area contributed by atoms with Crippen molar-refractivity contribution < 1.29 is 18.7 Å². The molecule has 0 N–H and O–H groups in total. The Balaban J connectivity index is 1.33. The second-order valence-electron chi connectivity index (χ2n) is 8.09. The lowest BCUT2D eigenvalue weighted by Gasteiger charge is -2.03. The summed E-state index contributed by atoms with van der Waals surface area (Å²) in [7, 11) is 0. The molecule has 0 amide bonds. The number of allylic oxidation sites excluding steroid dienone is 1. The minimum absolute atomic E-state index is 0.0793. The van der Waals surface area contributed by atoms with E-state index in [-0.39, 0.29) is 34.9 Å². The van der Waals surface area contributed by atoms with E-state index in [9.17, 15) is 9.59 Å². The van der Waals surface area contributed by atoms with Gasteiger partial charge < -0.3 is 9.15 Å². The second kappa shape index (κ2) is 7.63. The molecule has 28 heavy (non-hydrogen) atoms. The second-order valence-corrected chi connectivity index (χ2v) is 9.16. The third kappa shape index (κ3) is 3.95. The number of hydrogen-bond acceptors (Lipinski definition) is 5. The largest absolute Gasteiger partial charge is 0.469 e. The number of esters is 1. The number of carbonyl (C=O) groups is 2. The highest BCUT2D eigenvalue weighted by Crippen LogP contribution is 2.60. The van der Waals surface area contributed by atoms with Crippen molar-refractivity contribution in [1.82, 2.24) is 0 Å². The van der Waals surface area contributed by atoms with Crippen LogP contribution >= 0.6 is 11.8 Å². The molecule has 4 nitrogen and oxygen atoms in total. The molecule has 0 spiro atoms. The fourth-order valence-electron chi connectivity index (χ4n) is 3.89. The van der Waals surface area contributed by atoms with E-state index in [1.165, 1.54) is 17.3 Å². The highest BCUT2D eigenvalue weighted by Gasteiger charge is 2.61. The Morgan fingerprint density at radius 3 is 2.79 bits per heavy atom. The van der Waals surface area contributed by atoms with Crippen molar-refractivity contribution >= 4 is 22.8 Å². The Kier molecular flexibility index (Phi) is 5.19. The van der Waals surface area contributed by atoms with Crippen LogP contribution in [0.2, 0.25) is 0 Å². The van der Waals surface area contributed by atoms with E-state index in [1.807, 2.05) is 30.3 Å². The summed E-state index contributed by atoms with van der Waals surface area (Å²) in [6, 6.07) is 12.0. The third-order valence-corrected chi connectivity index (χ3v) is 6.66. The average Bonchev–Trinajstić information content (AvgIpc) is 3.03. The van der Waals surface area contributed by atoms with Gasteiger partial charge in [-0.3, -0.25) is 9.59 Å². The number of benzene rings is 1. The first-order valence-electron chi connectivity index (χ1n) is 9.60. The monoisotopic (exact) mass is 396 g/mol. The summed E-state index contributed by atoms with van der Waals surface area (Å²) < 4.78 is 11.2. The molecule has 1 saturated heterocycles. The molecule has 2 atom stereocenters. The van der Waals surface area contributed by atoms with Gasteiger partial charge in [0.15, 0.2) is 0 Å². The van der Waals surface area contributed by atoms with Gasteiger partial charge in [0, 0.05) is 23.3 Å². The molecular weight excluding hydrogens is 372 g/mol. The van der Waals surface area contributed by atoms with Gasteiger partial charge in [0.25, 0.3) is 0 Å². The summed E-state index contributed by atoms with van der Waals surface area (Å²) in [5.41, 5.74) is 2.73. The molecule has 1 aromatic heterocycles. The lowest BCUT2D eigenvalue weighted by molar-refractivity contribution is -0.147. The summed E-state index contributed by atoms with van der Waals surface area (Å²) >= 11 is 1.36. The molecule has 146 valence electrons. The molecule has 1 aliphatic carbocycles. The van der Waals surface area contributed by atoms with E-state index in [0.29, 0.717) is 6.42 Å². The minimum atomic E-state index is -0.198. The predicted molar refractivity (Wildman–Crippen MR) is 109 cm³/mol. The zero-order valence-corrected chi connectivity index (χ0v) is 17.0. The van der Waals surface area contributed by atoms with Crippen molar-refractivity contribution in [2.75, 3.05) is 5.75 Å². The number of ether oxygens (including phenoxy) is 1. The van der Waals surface area contributed by atoms with Crippen LogP contribution in [0.1, 0.15) is 37.2 Å². The Labute approximate surface area is 169 Å². The van der Waals surface area contributed by atoms with Gasteiger partial charge in [-0.1, -0.05) is 62.0 Å². The van der Waals surface area contributed by atoms with Crippen LogP contribution in [-0.2, 0) is 27.4 Å². The van der Waals surface area contributed by atoms with Crippen molar-refractivity contribution in [1.29, 1.82) is 0 Å².